The Labute approximate surface area is 238 Å². The lowest BCUT2D eigenvalue weighted by Gasteiger charge is -2.28. The molecule has 0 spiro atoms. The van der Waals surface area contributed by atoms with Crippen molar-refractivity contribution in [2.24, 2.45) is 5.92 Å². The van der Waals surface area contributed by atoms with Crippen molar-refractivity contribution in [3.05, 3.63) is 77.4 Å². The van der Waals surface area contributed by atoms with Crippen LogP contribution in [0.25, 0.3) is 11.1 Å². The molecule has 4 nitrogen and oxygen atoms in total. The molecule has 0 radical (unpaired) electrons. The van der Waals surface area contributed by atoms with Gasteiger partial charge in [0.2, 0.25) is 11.6 Å². The van der Waals surface area contributed by atoms with E-state index in [1.807, 2.05) is 6.92 Å². The van der Waals surface area contributed by atoms with E-state index < -0.39 is 40.9 Å². The molecule has 1 fully saturated rings. The molecule has 3 aromatic carbocycles. The monoisotopic (exact) mass is 572 g/mol. The minimum atomic E-state index is -1.28. The maximum Gasteiger partial charge on any atom is 0.314 e. The molecule has 220 valence electrons. The van der Waals surface area contributed by atoms with Crippen molar-refractivity contribution in [1.29, 1.82) is 0 Å². The number of carbonyl (C=O) groups is 1. The van der Waals surface area contributed by atoms with E-state index in [1.165, 1.54) is 12.1 Å². The van der Waals surface area contributed by atoms with Crippen molar-refractivity contribution in [3.63, 3.8) is 0 Å². The van der Waals surface area contributed by atoms with Crippen molar-refractivity contribution in [2.75, 3.05) is 13.2 Å². The molecule has 0 amide bonds. The zero-order valence-corrected chi connectivity index (χ0v) is 23.5. The SMILES string of the molecule is CCCCOc1ccc(-c2ccc(C3CCC(C(=O)Oc4ccc(OCCCC)c(F)c4F)CC3)c(F)c2F)cc1. The largest absolute Gasteiger partial charge is 0.494 e. The van der Waals surface area contributed by atoms with Crippen molar-refractivity contribution in [2.45, 2.75) is 71.1 Å². The molecule has 8 heteroatoms. The van der Waals surface area contributed by atoms with Crippen LogP contribution >= 0.6 is 0 Å². The van der Waals surface area contributed by atoms with E-state index in [9.17, 15) is 13.6 Å². The van der Waals surface area contributed by atoms with Gasteiger partial charge in [0.25, 0.3) is 0 Å². The number of esters is 1. The molecule has 41 heavy (non-hydrogen) atoms. The molecule has 1 aliphatic carbocycles. The summed E-state index contributed by atoms with van der Waals surface area (Å²) in [5.41, 5.74) is 0.982. The van der Waals surface area contributed by atoms with Crippen LogP contribution in [0.15, 0.2) is 48.5 Å². The molecule has 0 N–H and O–H groups in total. The number of unbranched alkanes of at least 4 members (excludes halogenated alkanes) is 2. The zero-order valence-electron chi connectivity index (χ0n) is 23.5. The van der Waals surface area contributed by atoms with E-state index in [0.717, 1.165) is 19.3 Å². The average Bonchev–Trinajstić information content (AvgIpc) is 2.99. The number of ether oxygens (including phenoxy) is 3. The summed E-state index contributed by atoms with van der Waals surface area (Å²) in [5.74, 6) is -5.85. The third-order valence-electron chi connectivity index (χ3n) is 7.52. The van der Waals surface area contributed by atoms with E-state index in [2.05, 4.69) is 6.92 Å². The number of hydrogen-bond donors (Lipinski definition) is 0. The molecule has 0 aliphatic heterocycles. The second-order valence-corrected chi connectivity index (χ2v) is 10.4. The fourth-order valence-electron chi connectivity index (χ4n) is 5.03. The summed E-state index contributed by atoms with van der Waals surface area (Å²) in [7, 11) is 0. The van der Waals surface area contributed by atoms with Crippen LogP contribution in [0.2, 0.25) is 0 Å². The minimum absolute atomic E-state index is 0.166. The lowest BCUT2D eigenvalue weighted by molar-refractivity contribution is -0.140. The lowest BCUT2D eigenvalue weighted by Crippen LogP contribution is -2.26. The summed E-state index contributed by atoms with van der Waals surface area (Å²) in [5, 5.41) is 0. The van der Waals surface area contributed by atoms with Crippen LogP contribution in [0, 0.1) is 29.2 Å². The highest BCUT2D eigenvalue weighted by Gasteiger charge is 2.31. The van der Waals surface area contributed by atoms with Gasteiger partial charge in [-0.25, -0.2) is 8.78 Å². The Morgan fingerprint density at radius 1 is 0.707 bits per heavy atom. The predicted molar refractivity (Wildman–Crippen MR) is 149 cm³/mol. The number of rotatable bonds is 12. The summed E-state index contributed by atoms with van der Waals surface area (Å²) < 4.78 is 75.2. The average molecular weight is 573 g/mol. The van der Waals surface area contributed by atoms with E-state index >= 15 is 8.78 Å². The van der Waals surface area contributed by atoms with Gasteiger partial charge < -0.3 is 14.2 Å². The Bertz CT molecular complexity index is 1320. The van der Waals surface area contributed by atoms with Gasteiger partial charge in [-0.05, 0) is 79.8 Å². The fraction of sp³-hybridized carbons (Fsp3) is 0.424. The zero-order chi connectivity index (χ0) is 29.4. The van der Waals surface area contributed by atoms with Crippen LogP contribution in [0.5, 0.6) is 17.2 Å². The first kappa shape index (κ1) is 30.4. The Morgan fingerprint density at radius 2 is 1.32 bits per heavy atom. The molecule has 0 heterocycles. The summed E-state index contributed by atoms with van der Waals surface area (Å²) in [6, 6.07) is 12.5. The second kappa shape index (κ2) is 14.4. The Kier molecular flexibility index (Phi) is 10.7. The number of halogens is 4. The van der Waals surface area contributed by atoms with Gasteiger partial charge in [-0.2, -0.15) is 8.78 Å². The van der Waals surface area contributed by atoms with E-state index in [4.69, 9.17) is 14.2 Å². The van der Waals surface area contributed by atoms with Crippen molar-refractivity contribution < 1.29 is 36.6 Å². The minimum Gasteiger partial charge on any atom is -0.494 e. The van der Waals surface area contributed by atoms with Gasteiger partial charge in [-0.3, -0.25) is 4.79 Å². The number of carbonyl (C=O) groups excluding carboxylic acids is 1. The highest BCUT2D eigenvalue weighted by molar-refractivity contribution is 5.75. The highest BCUT2D eigenvalue weighted by Crippen LogP contribution is 2.40. The first-order chi connectivity index (χ1) is 19.8. The van der Waals surface area contributed by atoms with E-state index in [-0.39, 0.29) is 29.4 Å². The van der Waals surface area contributed by atoms with Gasteiger partial charge in [0.05, 0.1) is 19.1 Å². The lowest BCUT2D eigenvalue weighted by atomic mass is 9.78. The Balaban J connectivity index is 1.35. The van der Waals surface area contributed by atoms with E-state index in [0.29, 0.717) is 50.0 Å². The van der Waals surface area contributed by atoms with Crippen LogP contribution < -0.4 is 14.2 Å². The van der Waals surface area contributed by atoms with Gasteiger partial charge in [0, 0.05) is 5.56 Å². The molecule has 0 atom stereocenters. The van der Waals surface area contributed by atoms with E-state index in [1.54, 1.807) is 36.4 Å². The smallest absolute Gasteiger partial charge is 0.314 e. The van der Waals surface area contributed by atoms with Gasteiger partial charge in [0.1, 0.15) is 5.75 Å². The first-order valence-corrected chi connectivity index (χ1v) is 14.4. The van der Waals surface area contributed by atoms with Crippen molar-refractivity contribution in [1.82, 2.24) is 0 Å². The topological polar surface area (TPSA) is 44.8 Å². The van der Waals surface area contributed by atoms with Crippen LogP contribution in [0.4, 0.5) is 17.6 Å². The maximum absolute atomic E-state index is 15.2. The van der Waals surface area contributed by atoms with Gasteiger partial charge in [-0.1, -0.05) is 51.0 Å². The van der Waals surface area contributed by atoms with Gasteiger partial charge in [-0.15, -0.1) is 0 Å². The van der Waals surface area contributed by atoms with Crippen LogP contribution in [0.3, 0.4) is 0 Å². The molecular formula is C33H36F4O4. The first-order valence-electron chi connectivity index (χ1n) is 14.4. The molecular weight excluding hydrogens is 536 g/mol. The van der Waals surface area contributed by atoms with Crippen LogP contribution in [-0.4, -0.2) is 19.2 Å². The summed E-state index contributed by atoms with van der Waals surface area (Å²) in [4.78, 5) is 12.7. The van der Waals surface area contributed by atoms with Crippen molar-refractivity contribution >= 4 is 5.97 Å². The third-order valence-corrected chi connectivity index (χ3v) is 7.52. The molecule has 3 aromatic rings. The van der Waals surface area contributed by atoms with Crippen molar-refractivity contribution in [3.8, 4) is 28.4 Å². The molecule has 4 rings (SSSR count). The molecule has 0 unspecified atom stereocenters. The quantitative estimate of drug-likeness (QED) is 0.0940. The van der Waals surface area contributed by atoms with Gasteiger partial charge >= 0.3 is 5.97 Å². The third kappa shape index (κ3) is 7.40. The Morgan fingerprint density at radius 3 is 1.98 bits per heavy atom. The summed E-state index contributed by atoms with van der Waals surface area (Å²) in [6.07, 6.45) is 5.07. The summed E-state index contributed by atoms with van der Waals surface area (Å²) in [6.45, 7) is 4.88. The fourth-order valence-corrected chi connectivity index (χ4v) is 5.03. The molecule has 1 aliphatic rings. The number of benzene rings is 3. The standard InChI is InChI=1S/C33H36F4O4/c1-3-5-19-39-24-13-11-22(12-14-24)26-16-15-25(29(34)30(26)35)21-7-9-23(10-8-21)33(38)41-28-18-17-27(31(36)32(28)37)40-20-6-4-2/h11-18,21,23H,3-10,19-20H2,1-2H3. The highest BCUT2D eigenvalue weighted by atomic mass is 19.2. The maximum atomic E-state index is 15.2. The molecule has 1 saturated carbocycles. The van der Waals surface area contributed by atoms with Gasteiger partial charge in [0.15, 0.2) is 23.1 Å². The Hall–Kier alpha value is -3.55. The normalized spacial score (nSPS) is 16.8. The molecule has 0 bridgehead atoms. The predicted octanol–water partition coefficient (Wildman–Crippen LogP) is 9.15. The summed E-state index contributed by atoms with van der Waals surface area (Å²) >= 11 is 0. The molecule has 0 aromatic heterocycles. The van der Waals surface area contributed by atoms with Crippen LogP contribution in [0.1, 0.15) is 76.7 Å². The second-order valence-electron chi connectivity index (χ2n) is 10.4. The molecule has 0 saturated heterocycles. The number of hydrogen-bond acceptors (Lipinski definition) is 4. The van der Waals surface area contributed by atoms with Crippen LogP contribution in [-0.2, 0) is 4.79 Å².